The van der Waals surface area contributed by atoms with Crippen LogP contribution in [-0.4, -0.2) is 11.8 Å². The average Bonchev–Trinajstić information content (AvgIpc) is 3.04. The fourth-order valence-electron chi connectivity index (χ4n) is 3.84. The van der Waals surface area contributed by atoms with E-state index in [1.807, 2.05) is 48.5 Å². The Kier molecular flexibility index (Phi) is 4.56. The minimum absolute atomic E-state index is 0.164. The van der Waals surface area contributed by atoms with Crippen LogP contribution in [0.5, 0.6) is 0 Å². The lowest BCUT2D eigenvalue weighted by molar-refractivity contribution is -0.120. The third-order valence-corrected chi connectivity index (χ3v) is 5.26. The van der Waals surface area contributed by atoms with Crippen LogP contribution in [0.15, 0.2) is 103 Å². The molecule has 31 heavy (non-hydrogen) atoms. The van der Waals surface area contributed by atoms with Gasteiger partial charge in [-0.15, -0.1) is 0 Å². The molecule has 1 N–H and O–H groups in total. The molecule has 0 atom stereocenters. The summed E-state index contributed by atoms with van der Waals surface area (Å²) in [5, 5.41) is 5.13. The van der Waals surface area contributed by atoms with Crippen molar-refractivity contribution in [1.29, 1.82) is 0 Å². The second-order valence-corrected chi connectivity index (χ2v) is 7.19. The van der Waals surface area contributed by atoms with Gasteiger partial charge in [-0.05, 0) is 35.2 Å². The second-order valence-electron chi connectivity index (χ2n) is 7.19. The van der Waals surface area contributed by atoms with Crippen LogP contribution < -0.4 is 10.2 Å². The van der Waals surface area contributed by atoms with Gasteiger partial charge in [-0.3, -0.25) is 9.59 Å². The smallest absolute Gasteiger partial charge is 0.282 e. The fourth-order valence-corrected chi connectivity index (χ4v) is 3.84. The first-order valence-electron chi connectivity index (χ1n) is 9.82. The molecule has 5 heteroatoms. The molecule has 2 amide bonds. The van der Waals surface area contributed by atoms with Crippen LogP contribution in [0.1, 0.15) is 5.56 Å². The summed E-state index contributed by atoms with van der Waals surface area (Å²) >= 11 is 0. The van der Waals surface area contributed by atoms with E-state index < -0.39 is 17.6 Å². The number of hydrogen-bond donors (Lipinski definition) is 1. The first-order valence-corrected chi connectivity index (χ1v) is 9.82. The van der Waals surface area contributed by atoms with Crippen molar-refractivity contribution in [3.05, 3.63) is 114 Å². The molecule has 0 saturated heterocycles. The molecule has 1 heterocycles. The fraction of sp³-hybridized carbons (Fsp3) is 0. The van der Waals surface area contributed by atoms with Gasteiger partial charge < -0.3 is 5.32 Å². The van der Waals surface area contributed by atoms with Crippen LogP contribution in [0.25, 0.3) is 16.3 Å². The van der Waals surface area contributed by atoms with E-state index >= 15 is 0 Å². The molecule has 0 saturated carbocycles. The molecule has 5 rings (SSSR count). The quantitative estimate of drug-likeness (QED) is 0.462. The molecular formula is C26H17FN2O2. The molecule has 4 aromatic rings. The monoisotopic (exact) mass is 408 g/mol. The van der Waals surface area contributed by atoms with Crippen LogP contribution in [0, 0.1) is 5.82 Å². The van der Waals surface area contributed by atoms with E-state index in [0.717, 1.165) is 15.7 Å². The number of hydrogen-bond acceptors (Lipinski definition) is 3. The summed E-state index contributed by atoms with van der Waals surface area (Å²) in [6, 6.07) is 28.0. The van der Waals surface area contributed by atoms with Gasteiger partial charge in [-0.25, -0.2) is 9.29 Å². The summed E-state index contributed by atoms with van der Waals surface area (Å²) in [7, 11) is 0. The van der Waals surface area contributed by atoms with Crippen molar-refractivity contribution in [2.45, 2.75) is 0 Å². The number of amides is 2. The predicted octanol–water partition coefficient (Wildman–Crippen LogP) is 5.38. The summed E-state index contributed by atoms with van der Waals surface area (Å²) in [5.41, 5.74) is 1.93. The number of carbonyl (C=O) groups excluding carboxylic acids is 2. The molecule has 4 aromatic carbocycles. The van der Waals surface area contributed by atoms with E-state index in [-0.39, 0.29) is 17.0 Å². The van der Waals surface area contributed by atoms with E-state index in [9.17, 15) is 14.0 Å². The summed E-state index contributed by atoms with van der Waals surface area (Å²) < 4.78 is 13.8. The normalized spacial score (nSPS) is 13.9. The highest BCUT2D eigenvalue weighted by atomic mass is 19.1. The minimum atomic E-state index is -0.526. The zero-order chi connectivity index (χ0) is 21.4. The van der Waals surface area contributed by atoms with E-state index in [1.54, 1.807) is 30.3 Å². The van der Waals surface area contributed by atoms with Crippen LogP contribution in [0.4, 0.5) is 15.8 Å². The molecule has 0 bridgehead atoms. The van der Waals surface area contributed by atoms with E-state index in [0.29, 0.717) is 11.3 Å². The lowest BCUT2D eigenvalue weighted by Gasteiger charge is -2.15. The first-order chi connectivity index (χ1) is 15.1. The number of fused-ring (bicyclic) bond motifs is 1. The van der Waals surface area contributed by atoms with Crippen LogP contribution in [0.3, 0.4) is 0 Å². The van der Waals surface area contributed by atoms with Crippen LogP contribution in [0.2, 0.25) is 0 Å². The van der Waals surface area contributed by atoms with Crippen LogP contribution >= 0.6 is 0 Å². The highest BCUT2D eigenvalue weighted by molar-refractivity contribution is 6.46. The van der Waals surface area contributed by atoms with Crippen molar-refractivity contribution >= 4 is 39.5 Å². The van der Waals surface area contributed by atoms with Gasteiger partial charge >= 0.3 is 0 Å². The molecule has 0 aliphatic carbocycles. The minimum Gasteiger partial charge on any atom is -0.350 e. The topological polar surface area (TPSA) is 49.4 Å². The third-order valence-electron chi connectivity index (χ3n) is 5.26. The molecule has 1 aliphatic heterocycles. The maximum Gasteiger partial charge on any atom is 0.282 e. The van der Waals surface area contributed by atoms with Crippen molar-refractivity contribution < 1.29 is 14.0 Å². The lowest BCUT2D eigenvalue weighted by Crippen LogP contribution is -2.32. The lowest BCUT2D eigenvalue weighted by atomic mass is 10.0. The Bertz CT molecular complexity index is 1360. The third kappa shape index (κ3) is 3.26. The van der Waals surface area contributed by atoms with Gasteiger partial charge in [0.15, 0.2) is 0 Å². The maximum absolute atomic E-state index is 13.8. The van der Waals surface area contributed by atoms with Gasteiger partial charge in [0.1, 0.15) is 11.5 Å². The Hall–Kier alpha value is -4.25. The van der Waals surface area contributed by atoms with Gasteiger partial charge in [-0.1, -0.05) is 72.8 Å². The Labute approximate surface area is 178 Å². The molecule has 4 nitrogen and oxygen atoms in total. The van der Waals surface area contributed by atoms with Crippen LogP contribution in [-0.2, 0) is 9.59 Å². The number of anilines is 2. The number of nitrogens with zero attached hydrogens (tertiary/aromatic N) is 1. The van der Waals surface area contributed by atoms with Gasteiger partial charge in [0.05, 0.1) is 11.3 Å². The largest absolute Gasteiger partial charge is 0.350 e. The average molecular weight is 408 g/mol. The van der Waals surface area contributed by atoms with Gasteiger partial charge in [0.2, 0.25) is 0 Å². The van der Waals surface area contributed by atoms with Crippen molar-refractivity contribution in [2.75, 3.05) is 10.2 Å². The summed E-state index contributed by atoms with van der Waals surface area (Å²) in [6.45, 7) is 0. The summed E-state index contributed by atoms with van der Waals surface area (Å²) in [4.78, 5) is 27.8. The van der Waals surface area contributed by atoms with Gasteiger partial charge in [-0.2, -0.15) is 0 Å². The van der Waals surface area contributed by atoms with Gasteiger partial charge in [0, 0.05) is 11.1 Å². The number of halogens is 1. The Morgan fingerprint density at radius 3 is 2.23 bits per heavy atom. The standard InChI is InChI=1S/C26H17FN2O2/c27-19-12-7-13-20(16-19)29-25(30)23(18-9-2-1-3-10-18)24(26(29)31)28-22-15-6-11-17-8-4-5-14-21(17)22/h1-16,28H. The molecule has 1 aliphatic rings. The Balaban J connectivity index is 1.66. The number of rotatable bonds is 4. The zero-order valence-electron chi connectivity index (χ0n) is 16.4. The molecule has 0 spiro atoms. The highest BCUT2D eigenvalue weighted by Crippen LogP contribution is 2.35. The summed E-state index contributed by atoms with van der Waals surface area (Å²) in [6.07, 6.45) is 0. The maximum atomic E-state index is 13.8. The van der Waals surface area contributed by atoms with E-state index in [4.69, 9.17) is 0 Å². The Morgan fingerprint density at radius 1 is 0.710 bits per heavy atom. The van der Waals surface area contributed by atoms with E-state index in [1.165, 1.54) is 18.2 Å². The number of imide groups is 1. The second kappa shape index (κ2) is 7.54. The Morgan fingerprint density at radius 2 is 1.42 bits per heavy atom. The zero-order valence-corrected chi connectivity index (χ0v) is 16.4. The summed E-state index contributed by atoms with van der Waals surface area (Å²) in [5.74, 6) is -1.54. The van der Waals surface area contributed by atoms with E-state index in [2.05, 4.69) is 5.32 Å². The molecule has 0 fully saturated rings. The molecule has 0 unspecified atom stereocenters. The highest BCUT2D eigenvalue weighted by Gasteiger charge is 2.40. The van der Waals surface area contributed by atoms with Crippen molar-refractivity contribution in [3.63, 3.8) is 0 Å². The number of carbonyl (C=O) groups is 2. The van der Waals surface area contributed by atoms with Crippen molar-refractivity contribution in [1.82, 2.24) is 0 Å². The molecule has 150 valence electrons. The number of nitrogens with one attached hydrogen (secondary N) is 1. The van der Waals surface area contributed by atoms with Gasteiger partial charge in [0.25, 0.3) is 11.8 Å². The SMILES string of the molecule is O=C1C(Nc2cccc3ccccc23)=C(c2ccccc2)C(=O)N1c1cccc(F)c1. The predicted molar refractivity (Wildman–Crippen MR) is 120 cm³/mol. The molecule has 0 radical (unpaired) electrons. The van der Waals surface area contributed by atoms with Crippen molar-refractivity contribution in [2.24, 2.45) is 0 Å². The molecule has 0 aromatic heterocycles. The first kappa shape index (κ1) is 18.8. The molecular weight excluding hydrogens is 391 g/mol. The van der Waals surface area contributed by atoms with Crippen molar-refractivity contribution in [3.8, 4) is 0 Å². The number of benzene rings is 4.